The monoisotopic (exact) mass is 228 g/mol. The largest absolute Gasteiger partial charge is 0.320 e. The molecule has 15 heavy (non-hydrogen) atoms. The van der Waals surface area contributed by atoms with Crippen molar-refractivity contribution in [2.45, 2.75) is 12.5 Å². The molecule has 80 valence electrons. The van der Waals surface area contributed by atoms with E-state index in [4.69, 9.17) is 17.3 Å². The van der Waals surface area contributed by atoms with Crippen molar-refractivity contribution in [2.24, 2.45) is 5.73 Å². The lowest BCUT2D eigenvalue weighted by atomic mass is 10.3. The van der Waals surface area contributed by atoms with Crippen LogP contribution in [0, 0.1) is 5.82 Å². The molecule has 1 aromatic carbocycles. The molecule has 0 aromatic heterocycles. The van der Waals surface area contributed by atoms with Crippen LogP contribution in [0.3, 0.4) is 0 Å². The molecule has 2 rings (SSSR count). The van der Waals surface area contributed by atoms with Crippen LogP contribution in [0.4, 0.5) is 10.1 Å². The number of nitrogens with zero attached hydrogens (tertiary/aromatic N) is 1. The lowest BCUT2D eigenvalue weighted by Gasteiger charge is -2.17. The van der Waals surface area contributed by atoms with Gasteiger partial charge in [0.2, 0.25) is 5.91 Å². The van der Waals surface area contributed by atoms with Crippen LogP contribution in [0.2, 0.25) is 5.02 Å². The molecule has 1 heterocycles. The Morgan fingerprint density at radius 1 is 1.53 bits per heavy atom. The van der Waals surface area contributed by atoms with Crippen LogP contribution in [-0.2, 0) is 4.79 Å². The second kappa shape index (κ2) is 3.79. The summed E-state index contributed by atoms with van der Waals surface area (Å²) in [4.78, 5) is 13.1. The first-order valence-electron chi connectivity index (χ1n) is 4.61. The molecule has 1 fully saturated rings. The van der Waals surface area contributed by atoms with Crippen molar-refractivity contribution in [3.8, 4) is 0 Å². The maximum Gasteiger partial charge on any atom is 0.244 e. The number of amides is 1. The van der Waals surface area contributed by atoms with Crippen LogP contribution in [-0.4, -0.2) is 18.5 Å². The minimum atomic E-state index is -0.467. The van der Waals surface area contributed by atoms with Crippen molar-refractivity contribution < 1.29 is 9.18 Å². The van der Waals surface area contributed by atoms with Crippen molar-refractivity contribution in [1.29, 1.82) is 0 Å². The highest BCUT2D eigenvalue weighted by Gasteiger charge is 2.30. The molecule has 0 spiro atoms. The Kier molecular flexibility index (Phi) is 2.63. The summed E-state index contributed by atoms with van der Waals surface area (Å²) in [5.41, 5.74) is 6.10. The van der Waals surface area contributed by atoms with E-state index in [9.17, 15) is 9.18 Å². The summed E-state index contributed by atoms with van der Waals surface area (Å²) in [6.07, 6.45) is 0.604. The zero-order valence-electron chi connectivity index (χ0n) is 7.91. The summed E-state index contributed by atoms with van der Waals surface area (Å²) in [5.74, 6) is -0.580. The van der Waals surface area contributed by atoms with E-state index in [0.29, 0.717) is 18.7 Å². The van der Waals surface area contributed by atoms with Gasteiger partial charge in [0.05, 0.1) is 16.8 Å². The molecule has 1 aliphatic rings. The number of nitrogens with two attached hydrogens (primary N) is 1. The molecule has 1 aliphatic heterocycles. The molecule has 1 amide bonds. The summed E-state index contributed by atoms with van der Waals surface area (Å²) >= 11 is 5.85. The number of anilines is 1. The molecule has 0 bridgehead atoms. The molecule has 0 radical (unpaired) electrons. The number of rotatable bonds is 1. The van der Waals surface area contributed by atoms with Gasteiger partial charge in [-0.2, -0.15) is 0 Å². The van der Waals surface area contributed by atoms with E-state index in [-0.39, 0.29) is 10.9 Å². The molecule has 1 atom stereocenters. The van der Waals surface area contributed by atoms with Crippen LogP contribution in [0.5, 0.6) is 0 Å². The average molecular weight is 229 g/mol. The second-order valence-corrected chi connectivity index (χ2v) is 3.89. The van der Waals surface area contributed by atoms with Crippen molar-refractivity contribution in [2.75, 3.05) is 11.4 Å². The van der Waals surface area contributed by atoms with Gasteiger partial charge in [-0.25, -0.2) is 4.39 Å². The number of carbonyl (C=O) groups is 1. The molecule has 0 aliphatic carbocycles. The van der Waals surface area contributed by atoms with Crippen molar-refractivity contribution >= 4 is 23.2 Å². The molecule has 1 saturated heterocycles. The smallest absolute Gasteiger partial charge is 0.244 e. The lowest BCUT2D eigenvalue weighted by Crippen LogP contribution is -2.34. The third-order valence-electron chi connectivity index (χ3n) is 2.45. The van der Waals surface area contributed by atoms with E-state index < -0.39 is 11.9 Å². The Balaban J connectivity index is 2.34. The number of hydrogen-bond acceptors (Lipinski definition) is 2. The van der Waals surface area contributed by atoms with Gasteiger partial charge < -0.3 is 10.6 Å². The fourth-order valence-corrected chi connectivity index (χ4v) is 1.91. The summed E-state index contributed by atoms with van der Waals surface area (Å²) < 4.78 is 12.8. The van der Waals surface area contributed by atoms with Crippen LogP contribution in [0.25, 0.3) is 0 Å². The third kappa shape index (κ3) is 1.82. The predicted octanol–water partition coefficient (Wildman–Crippen LogP) is 1.54. The van der Waals surface area contributed by atoms with Crippen LogP contribution < -0.4 is 10.6 Å². The highest BCUT2D eigenvalue weighted by molar-refractivity contribution is 6.34. The van der Waals surface area contributed by atoms with E-state index in [1.165, 1.54) is 23.1 Å². The first-order valence-corrected chi connectivity index (χ1v) is 4.99. The van der Waals surface area contributed by atoms with Gasteiger partial charge in [-0.1, -0.05) is 11.6 Å². The fraction of sp³-hybridized carbons (Fsp3) is 0.300. The minimum absolute atomic E-state index is 0.163. The zero-order valence-corrected chi connectivity index (χ0v) is 8.67. The van der Waals surface area contributed by atoms with Gasteiger partial charge in [-0.3, -0.25) is 4.79 Å². The maximum absolute atomic E-state index is 12.8. The van der Waals surface area contributed by atoms with Gasteiger partial charge in [-0.15, -0.1) is 0 Å². The first-order chi connectivity index (χ1) is 7.09. The van der Waals surface area contributed by atoms with E-state index in [0.717, 1.165) is 0 Å². The minimum Gasteiger partial charge on any atom is -0.320 e. The first kappa shape index (κ1) is 10.4. The van der Waals surface area contributed by atoms with Gasteiger partial charge >= 0.3 is 0 Å². The fourth-order valence-electron chi connectivity index (χ4n) is 1.64. The summed E-state index contributed by atoms with van der Waals surface area (Å²) in [6, 6.07) is 3.49. The summed E-state index contributed by atoms with van der Waals surface area (Å²) in [7, 11) is 0. The predicted molar refractivity (Wildman–Crippen MR) is 56.4 cm³/mol. The van der Waals surface area contributed by atoms with E-state index in [2.05, 4.69) is 0 Å². The number of hydrogen-bond donors (Lipinski definition) is 1. The van der Waals surface area contributed by atoms with Crippen LogP contribution in [0.1, 0.15) is 6.42 Å². The van der Waals surface area contributed by atoms with Crippen molar-refractivity contribution in [3.05, 3.63) is 29.0 Å². The molecular formula is C10H10ClFN2O. The Hall–Kier alpha value is -1.13. The Bertz CT molecular complexity index is 410. The normalized spacial score (nSPS) is 21.1. The Morgan fingerprint density at radius 3 is 2.80 bits per heavy atom. The number of halogens is 2. The molecule has 0 unspecified atom stereocenters. The Labute approximate surface area is 91.6 Å². The topological polar surface area (TPSA) is 46.3 Å². The number of carbonyl (C=O) groups excluding carboxylic acids is 1. The third-order valence-corrected chi connectivity index (χ3v) is 2.75. The van der Waals surface area contributed by atoms with Crippen LogP contribution >= 0.6 is 11.6 Å². The Morgan fingerprint density at radius 2 is 2.27 bits per heavy atom. The molecule has 3 nitrogen and oxygen atoms in total. The lowest BCUT2D eigenvalue weighted by molar-refractivity contribution is -0.118. The second-order valence-electron chi connectivity index (χ2n) is 3.48. The summed E-state index contributed by atoms with van der Waals surface area (Å²) in [5, 5.41) is 0.234. The molecule has 2 N–H and O–H groups in total. The van der Waals surface area contributed by atoms with Gasteiger partial charge in [-0.05, 0) is 24.6 Å². The summed E-state index contributed by atoms with van der Waals surface area (Å²) in [6.45, 7) is 0.533. The number of benzene rings is 1. The zero-order chi connectivity index (χ0) is 11.0. The SMILES string of the molecule is N[C@@H]1CCN(c2ccc(F)cc2Cl)C1=O. The quantitative estimate of drug-likeness (QED) is 0.793. The highest BCUT2D eigenvalue weighted by Crippen LogP contribution is 2.29. The molecule has 1 aromatic rings. The molecule has 0 saturated carbocycles. The van der Waals surface area contributed by atoms with E-state index in [1.807, 2.05) is 0 Å². The van der Waals surface area contributed by atoms with Gasteiger partial charge in [0, 0.05) is 6.54 Å². The van der Waals surface area contributed by atoms with E-state index in [1.54, 1.807) is 0 Å². The molecular weight excluding hydrogens is 219 g/mol. The average Bonchev–Trinajstić information content (AvgIpc) is 2.49. The molecule has 5 heteroatoms. The van der Waals surface area contributed by atoms with Crippen LogP contribution in [0.15, 0.2) is 18.2 Å². The van der Waals surface area contributed by atoms with Gasteiger partial charge in [0.25, 0.3) is 0 Å². The van der Waals surface area contributed by atoms with Gasteiger partial charge in [0.1, 0.15) is 5.82 Å². The van der Waals surface area contributed by atoms with Crippen molar-refractivity contribution in [3.63, 3.8) is 0 Å². The van der Waals surface area contributed by atoms with Gasteiger partial charge in [0.15, 0.2) is 0 Å². The standard InChI is InChI=1S/C10H10ClFN2O/c11-7-5-6(12)1-2-9(7)14-4-3-8(13)10(14)15/h1-2,5,8H,3-4,13H2/t8-/m1/s1. The van der Waals surface area contributed by atoms with Crippen molar-refractivity contribution in [1.82, 2.24) is 0 Å². The highest BCUT2D eigenvalue weighted by atomic mass is 35.5. The maximum atomic E-state index is 12.8. The van der Waals surface area contributed by atoms with E-state index >= 15 is 0 Å².